The van der Waals surface area contributed by atoms with E-state index in [9.17, 15) is 4.79 Å². The quantitative estimate of drug-likeness (QED) is 0.469. The Morgan fingerprint density at radius 1 is 1.76 bits per heavy atom. The molecule has 1 aromatic rings. The molecule has 94 valence electrons. The van der Waals surface area contributed by atoms with Gasteiger partial charge in [-0.1, -0.05) is 0 Å². The highest BCUT2D eigenvalue weighted by molar-refractivity contribution is 7.12. The van der Waals surface area contributed by atoms with Gasteiger partial charge in [-0.25, -0.2) is 5.84 Å². The number of amides is 1. The summed E-state index contributed by atoms with van der Waals surface area (Å²) in [5, 5.41) is 1.92. The fourth-order valence-electron chi connectivity index (χ4n) is 2.10. The van der Waals surface area contributed by atoms with Crippen LogP contribution in [0.15, 0.2) is 11.4 Å². The fourth-order valence-corrected chi connectivity index (χ4v) is 2.92. The number of hydrogen-bond donors (Lipinski definition) is 2. The molecule has 6 heteroatoms. The van der Waals surface area contributed by atoms with Gasteiger partial charge in [-0.3, -0.25) is 15.1 Å². The Labute approximate surface area is 105 Å². The van der Waals surface area contributed by atoms with Gasteiger partial charge in [0.05, 0.1) is 11.0 Å². The second kappa shape index (κ2) is 5.59. The Hall–Kier alpha value is -0.950. The molecule has 1 fully saturated rings. The normalized spacial score (nSPS) is 20.7. The second-order valence-electron chi connectivity index (χ2n) is 4.13. The van der Waals surface area contributed by atoms with Crippen molar-refractivity contribution in [2.45, 2.75) is 19.1 Å². The van der Waals surface area contributed by atoms with E-state index in [1.54, 1.807) is 7.11 Å². The Bertz CT molecular complexity index is 394. The van der Waals surface area contributed by atoms with E-state index in [1.165, 1.54) is 11.3 Å². The van der Waals surface area contributed by atoms with Crippen molar-refractivity contribution in [3.05, 3.63) is 21.9 Å². The minimum atomic E-state index is -0.211. The van der Waals surface area contributed by atoms with Gasteiger partial charge in [-0.15, -0.1) is 11.3 Å². The smallest absolute Gasteiger partial charge is 0.275 e. The van der Waals surface area contributed by atoms with Gasteiger partial charge < -0.3 is 4.74 Å². The van der Waals surface area contributed by atoms with Crippen LogP contribution in [0.5, 0.6) is 0 Å². The zero-order valence-corrected chi connectivity index (χ0v) is 10.6. The van der Waals surface area contributed by atoms with Crippen molar-refractivity contribution in [1.29, 1.82) is 0 Å². The zero-order chi connectivity index (χ0) is 12.3. The number of hydrazine groups is 1. The number of thiophene rings is 1. The van der Waals surface area contributed by atoms with Crippen LogP contribution in [0, 0.1) is 0 Å². The first-order valence-electron chi connectivity index (χ1n) is 5.57. The Kier molecular flexibility index (Phi) is 4.11. The maximum Gasteiger partial charge on any atom is 0.275 e. The first kappa shape index (κ1) is 12.5. The molecule has 2 heterocycles. The van der Waals surface area contributed by atoms with Gasteiger partial charge >= 0.3 is 0 Å². The van der Waals surface area contributed by atoms with Crippen LogP contribution >= 0.6 is 11.3 Å². The minimum Gasteiger partial charge on any atom is -0.380 e. The molecule has 1 amide bonds. The van der Waals surface area contributed by atoms with Crippen molar-refractivity contribution in [2.75, 3.05) is 20.2 Å². The molecule has 0 spiro atoms. The molecule has 1 aromatic heterocycles. The third kappa shape index (κ3) is 2.84. The van der Waals surface area contributed by atoms with Crippen molar-refractivity contribution in [3.63, 3.8) is 0 Å². The van der Waals surface area contributed by atoms with Crippen LogP contribution in [0.3, 0.4) is 0 Å². The van der Waals surface area contributed by atoms with E-state index in [4.69, 9.17) is 10.6 Å². The summed E-state index contributed by atoms with van der Waals surface area (Å²) >= 11 is 1.42. The SMILES string of the molecule is COC1CCN(Cc2ccsc2C(=O)NN)C1. The van der Waals surface area contributed by atoms with Crippen molar-refractivity contribution in [2.24, 2.45) is 5.84 Å². The van der Waals surface area contributed by atoms with E-state index in [0.717, 1.165) is 31.6 Å². The second-order valence-corrected chi connectivity index (χ2v) is 5.05. The van der Waals surface area contributed by atoms with E-state index in [2.05, 4.69) is 10.3 Å². The number of likely N-dealkylation sites (tertiary alicyclic amines) is 1. The van der Waals surface area contributed by atoms with Crippen LogP contribution in [0.2, 0.25) is 0 Å². The molecule has 5 nitrogen and oxygen atoms in total. The van der Waals surface area contributed by atoms with Crippen LogP contribution in [0.25, 0.3) is 0 Å². The molecule has 0 aromatic carbocycles. The average Bonchev–Trinajstić information content (AvgIpc) is 2.97. The number of nitrogen functional groups attached to an aromatic ring is 1. The number of hydrogen-bond acceptors (Lipinski definition) is 5. The zero-order valence-electron chi connectivity index (χ0n) is 9.81. The van der Waals surface area contributed by atoms with Crippen molar-refractivity contribution >= 4 is 17.2 Å². The number of methoxy groups -OCH3 is 1. The van der Waals surface area contributed by atoms with E-state index < -0.39 is 0 Å². The van der Waals surface area contributed by atoms with Crippen molar-refractivity contribution in [3.8, 4) is 0 Å². The third-order valence-electron chi connectivity index (χ3n) is 3.04. The summed E-state index contributed by atoms with van der Waals surface area (Å²) in [7, 11) is 1.74. The number of nitrogens with zero attached hydrogens (tertiary/aromatic N) is 1. The largest absolute Gasteiger partial charge is 0.380 e. The summed E-state index contributed by atoms with van der Waals surface area (Å²) < 4.78 is 5.32. The van der Waals surface area contributed by atoms with E-state index in [-0.39, 0.29) is 5.91 Å². The van der Waals surface area contributed by atoms with Gasteiger partial charge in [0.2, 0.25) is 0 Å². The van der Waals surface area contributed by atoms with E-state index in [1.807, 2.05) is 11.4 Å². The molecule has 1 atom stereocenters. The molecule has 0 aliphatic carbocycles. The fraction of sp³-hybridized carbons (Fsp3) is 0.545. The topological polar surface area (TPSA) is 67.6 Å². The number of carbonyl (C=O) groups excluding carboxylic acids is 1. The first-order chi connectivity index (χ1) is 8.24. The Balaban J connectivity index is 2.00. The van der Waals surface area contributed by atoms with Crippen LogP contribution in [0.4, 0.5) is 0 Å². The lowest BCUT2D eigenvalue weighted by Crippen LogP contribution is -2.31. The maximum absolute atomic E-state index is 11.5. The lowest BCUT2D eigenvalue weighted by molar-refractivity contribution is 0.0955. The molecule has 0 saturated carbocycles. The number of nitrogens with one attached hydrogen (secondary N) is 1. The Morgan fingerprint density at radius 3 is 3.24 bits per heavy atom. The molecule has 1 aliphatic rings. The summed E-state index contributed by atoms with van der Waals surface area (Å²) in [6.45, 7) is 2.72. The molecule has 1 saturated heterocycles. The highest BCUT2D eigenvalue weighted by Crippen LogP contribution is 2.21. The van der Waals surface area contributed by atoms with Crippen LogP contribution in [-0.2, 0) is 11.3 Å². The number of rotatable bonds is 4. The first-order valence-corrected chi connectivity index (χ1v) is 6.45. The molecular weight excluding hydrogens is 238 g/mol. The summed E-state index contributed by atoms with van der Waals surface area (Å²) in [5.74, 6) is 4.95. The maximum atomic E-state index is 11.5. The molecular formula is C11H17N3O2S. The molecule has 0 radical (unpaired) electrons. The average molecular weight is 255 g/mol. The number of ether oxygens (including phenoxy) is 1. The highest BCUT2D eigenvalue weighted by Gasteiger charge is 2.23. The summed E-state index contributed by atoms with van der Waals surface area (Å²) in [6.07, 6.45) is 1.37. The Morgan fingerprint density at radius 2 is 2.59 bits per heavy atom. The van der Waals surface area contributed by atoms with Gasteiger partial charge in [-0.05, 0) is 23.4 Å². The molecule has 0 bridgehead atoms. The summed E-state index contributed by atoms with van der Waals surface area (Å²) in [4.78, 5) is 14.5. The van der Waals surface area contributed by atoms with Gasteiger partial charge in [0.15, 0.2) is 0 Å². The molecule has 1 aliphatic heterocycles. The lowest BCUT2D eigenvalue weighted by atomic mass is 10.2. The molecule has 2 rings (SSSR count). The molecule has 3 N–H and O–H groups in total. The third-order valence-corrected chi connectivity index (χ3v) is 4.00. The molecule has 17 heavy (non-hydrogen) atoms. The predicted octanol–water partition coefficient (Wildman–Crippen LogP) is 0.572. The van der Waals surface area contributed by atoms with Gasteiger partial charge in [0.1, 0.15) is 0 Å². The van der Waals surface area contributed by atoms with E-state index in [0.29, 0.717) is 11.0 Å². The van der Waals surface area contributed by atoms with Crippen LogP contribution in [-0.4, -0.2) is 37.1 Å². The van der Waals surface area contributed by atoms with Crippen molar-refractivity contribution < 1.29 is 9.53 Å². The van der Waals surface area contributed by atoms with Gasteiger partial charge in [-0.2, -0.15) is 0 Å². The number of nitrogens with two attached hydrogens (primary N) is 1. The predicted molar refractivity (Wildman–Crippen MR) is 66.7 cm³/mol. The van der Waals surface area contributed by atoms with Crippen LogP contribution in [0.1, 0.15) is 21.7 Å². The number of carbonyl (C=O) groups is 1. The van der Waals surface area contributed by atoms with E-state index >= 15 is 0 Å². The highest BCUT2D eigenvalue weighted by atomic mass is 32.1. The van der Waals surface area contributed by atoms with Crippen LogP contribution < -0.4 is 11.3 Å². The van der Waals surface area contributed by atoms with Crippen molar-refractivity contribution in [1.82, 2.24) is 10.3 Å². The van der Waals surface area contributed by atoms with Gasteiger partial charge in [0.25, 0.3) is 5.91 Å². The minimum absolute atomic E-state index is 0.211. The lowest BCUT2D eigenvalue weighted by Gasteiger charge is -2.15. The monoisotopic (exact) mass is 255 g/mol. The summed E-state index contributed by atoms with van der Waals surface area (Å²) in [6, 6.07) is 1.98. The summed E-state index contributed by atoms with van der Waals surface area (Å²) in [5.41, 5.74) is 3.22. The molecule has 1 unspecified atom stereocenters. The van der Waals surface area contributed by atoms with Gasteiger partial charge in [0, 0.05) is 26.7 Å². The standard InChI is InChI=1S/C11H17N3O2S/c1-16-9-2-4-14(7-9)6-8-3-5-17-10(8)11(15)13-12/h3,5,9H,2,4,6-7,12H2,1H3,(H,13,15).